The van der Waals surface area contributed by atoms with Gasteiger partial charge in [-0.3, -0.25) is 4.79 Å². The predicted octanol–water partition coefficient (Wildman–Crippen LogP) is 5.56. The molecule has 0 fully saturated rings. The molecule has 0 saturated carbocycles. The van der Waals surface area contributed by atoms with Gasteiger partial charge in [-0.25, -0.2) is 0 Å². The SMILES string of the molecule is C[C@@H]1CCCCCC/C=C\CCCCCCCC(=O)O1. The highest BCUT2D eigenvalue weighted by Gasteiger charge is 2.08. The van der Waals surface area contributed by atoms with Gasteiger partial charge in [0.25, 0.3) is 0 Å². The minimum Gasteiger partial charge on any atom is -0.463 e. The Kier molecular flexibility index (Phi) is 10.3. The molecule has 0 aromatic rings. The molecule has 0 radical (unpaired) electrons. The fourth-order valence-corrected chi connectivity index (χ4v) is 2.69. The van der Waals surface area contributed by atoms with E-state index < -0.39 is 0 Å². The number of cyclic esters (lactones) is 1. The van der Waals surface area contributed by atoms with Gasteiger partial charge in [0.15, 0.2) is 0 Å². The lowest BCUT2D eigenvalue weighted by Gasteiger charge is -2.13. The van der Waals surface area contributed by atoms with Crippen LogP contribution in [0, 0.1) is 0 Å². The summed E-state index contributed by atoms with van der Waals surface area (Å²) in [6, 6.07) is 0. The van der Waals surface area contributed by atoms with E-state index in [2.05, 4.69) is 12.2 Å². The van der Waals surface area contributed by atoms with Crippen molar-refractivity contribution in [3.63, 3.8) is 0 Å². The van der Waals surface area contributed by atoms with Gasteiger partial charge in [-0.1, -0.05) is 44.3 Å². The van der Waals surface area contributed by atoms with E-state index in [1.807, 2.05) is 6.92 Å². The maximum atomic E-state index is 11.7. The Balaban J connectivity index is 2.25. The molecule has 0 bridgehead atoms. The largest absolute Gasteiger partial charge is 0.463 e. The summed E-state index contributed by atoms with van der Waals surface area (Å²) in [6.45, 7) is 2.03. The topological polar surface area (TPSA) is 26.3 Å². The van der Waals surface area contributed by atoms with Crippen LogP contribution in [0.15, 0.2) is 12.2 Å². The van der Waals surface area contributed by atoms with Crippen molar-refractivity contribution in [1.29, 1.82) is 0 Å². The number of allylic oxidation sites excluding steroid dienone is 2. The summed E-state index contributed by atoms with van der Waals surface area (Å²) in [5, 5.41) is 0. The first-order chi connectivity index (χ1) is 9.79. The quantitative estimate of drug-likeness (QED) is 0.429. The molecular formula is C18H32O2. The minimum atomic E-state index is 0.00143. The third-order valence-electron chi connectivity index (χ3n) is 3.98. The van der Waals surface area contributed by atoms with Crippen molar-refractivity contribution in [1.82, 2.24) is 0 Å². The molecule has 2 heteroatoms. The van der Waals surface area contributed by atoms with E-state index in [0.717, 1.165) is 19.3 Å². The van der Waals surface area contributed by atoms with Crippen LogP contribution in [-0.4, -0.2) is 12.1 Å². The van der Waals surface area contributed by atoms with Gasteiger partial charge in [0.2, 0.25) is 0 Å². The molecule has 1 atom stereocenters. The van der Waals surface area contributed by atoms with Gasteiger partial charge < -0.3 is 4.74 Å². The van der Waals surface area contributed by atoms with Gasteiger partial charge in [-0.05, 0) is 51.9 Å². The molecule has 20 heavy (non-hydrogen) atoms. The van der Waals surface area contributed by atoms with E-state index in [4.69, 9.17) is 4.74 Å². The summed E-state index contributed by atoms with van der Waals surface area (Å²) >= 11 is 0. The maximum absolute atomic E-state index is 11.7. The van der Waals surface area contributed by atoms with E-state index in [1.54, 1.807) is 0 Å². The molecule has 1 aliphatic heterocycles. The molecule has 2 nitrogen and oxygen atoms in total. The monoisotopic (exact) mass is 280 g/mol. The van der Waals surface area contributed by atoms with Gasteiger partial charge >= 0.3 is 5.97 Å². The Hall–Kier alpha value is -0.790. The summed E-state index contributed by atoms with van der Waals surface area (Å²) in [5.74, 6) is 0.00143. The lowest BCUT2D eigenvalue weighted by molar-refractivity contribution is -0.148. The second kappa shape index (κ2) is 12.0. The fourth-order valence-electron chi connectivity index (χ4n) is 2.69. The first-order valence-corrected chi connectivity index (χ1v) is 8.63. The fraction of sp³-hybridized carbons (Fsp3) is 0.833. The average molecular weight is 280 g/mol. The Morgan fingerprint density at radius 3 is 2.10 bits per heavy atom. The molecule has 1 rings (SSSR count). The summed E-state index contributed by atoms with van der Waals surface area (Å²) in [6.07, 6.45) is 19.9. The van der Waals surface area contributed by atoms with E-state index in [1.165, 1.54) is 57.8 Å². The van der Waals surface area contributed by atoms with Gasteiger partial charge in [-0.15, -0.1) is 0 Å². The van der Waals surface area contributed by atoms with Gasteiger partial charge in [0.05, 0.1) is 6.10 Å². The Bertz CT molecular complexity index is 271. The Morgan fingerprint density at radius 1 is 0.850 bits per heavy atom. The number of esters is 1. The number of rotatable bonds is 0. The van der Waals surface area contributed by atoms with Crippen molar-refractivity contribution < 1.29 is 9.53 Å². The Labute approximate surface area is 125 Å². The number of carbonyl (C=O) groups excluding carboxylic acids is 1. The number of carbonyl (C=O) groups is 1. The molecule has 0 saturated heterocycles. The molecule has 0 aromatic heterocycles. The van der Waals surface area contributed by atoms with Gasteiger partial charge in [0, 0.05) is 6.42 Å². The van der Waals surface area contributed by atoms with E-state index in [-0.39, 0.29) is 12.1 Å². The van der Waals surface area contributed by atoms with E-state index in [9.17, 15) is 4.79 Å². The maximum Gasteiger partial charge on any atom is 0.306 e. The highest BCUT2D eigenvalue weighted by atomic mass is 16.5. The average Bonchev–Trinajstić information content (AvgIpc) is 2.42. The summed E-state index contributed by atoms with van der Waals surface area (Å²) in [5.41, 5.74) is 0. The summed E-state index contributed by atoms with van der Waals surface area (Å²) < 4.78 is 5.45. The summed E-state index contributed by atoms with van der Waals surface area (Å²) in [4.78, 5) is 11.7. The predicted molar refractivity (Wildman–Crippen MR) is 84.7 cm³/mol. The molecule has 0 N–H and O–H groups in total. The van der Waals surface area contributed by atoms with Gasteiger partial charge in [0.1, 0.15) is 0 Å². The molecule has 0 spiro atoms. The van der Waals surface area contributed by atoms with Crippen LogP contribution in [0.3, 0.4) is 0 Å². The standard InChI is InChI=1S/C18H32O2/c1-17-15-13-11-9-7-5-3-2-4-6-8-10-12-14-16-18(19)20-17/h2-3,17H,4-16H2,1H3/b3-2-/t17-/m1/s1. The van der Waals surface area contributed by atoms with E-state index >= 15 is 0 Å². The highest BCUT2D eigenvalue weighted by Crippen LogP contribution is 2.13. The molecule has 116 valence electrons. The van der Waals surface area contributed by atoms with Crippen molar-refractivity contribution >= 4 is 5.97 Å². The molecule has 0 unspecified atom stereocenters. The zero-order chi connectivity index (χ0) is 14.5. The van der Waals surface area contributed by atoms with Crippen LogP contribution in [0.4, 0.5) is 0 Å². The smallest absolute Gasteiger partial charge is 0.306 e. The van der Waals surface area contributed by atoms with Crippen LogP contribution >= 0.6 is 0 Å². The normalized spacial score (nSPS) is 27.1. The van der Waals surface area contributed by atoms with Crippen LogP contribution < -0.4 is 0 Å². The second-order valence-electron chi connectivity index (χ2n) is 6.07. The van der Waals surface area contributed by atoms with Crippen LogP contribution in [0.25, 0.3) is 0 Å². The lowest BCUT2D eigenvalue weighted by Crippen LogP contribution is -2.14. The zero-order valence-electron chi connectivity index (χ0n) is 13.2. The first kappa shape index (κ1) is 17.3. The van der Waals surface area contributed by atoms with Gasteiger partial charge in [-0.2, -0.15) is 0 Å². The molecule has 1 heterocycles. The van der Waals surface area contributed by atoms with Crippen molar-refractivity contribution in [3.8, 4) is 0 Å². The molecular weight excluding hydrogens is 248 g/mol. The minimum absolute atomic E-state index is 0.00143. The summed E-state index contributed by atoms with van der Waals surface area (Å²) in [7, 11) is 0. The molecule has 0 amide bonds. The Morgan fingerprint density at radius 2 is 1.40 bits per heavy atom. The number of ether oxygens (including phenoxy) is 1. The number of hydrogen-bond donors (Lipinski definition) is 0. The van der Waals surface area contributed by atoms with Crippen molar-refractivity contribution in [2.75, 3.05) is 0 Å². The van der Waals surface area contributed by atoms with Crippen molar-refractivity contribution in [2.24, 2.45) is 0 Å². The van der Waals surface area contributed by atoms with Crippen LogP contribution in [0.5, 0.6) is 0 Å². The van der Waals surface area contributed by atoms with Crippen molar-refractivity contribution in [2.45, 2.75) is 96.5 Å². The van der Waals surface area contributed by atoms with Crippen molar-refractivity contribution in [3.05, 3.63) is 12.2 Å². The van der Waals surface area contributed by atoms with Crippen LogP contribution in [0.2, 0.25) is 0 Å². The van der Waals surface area contributed by atoms with Crippen LogP contribution in [0.1, 0.15) is 90.4 Å². The second-order valence-corrected chi connectivity index (χ2v) is 6.07. The van der Waals surface area contributed by atoms with Crippen LogP contribution in [-0.2, 0) is 9.53 Å². The van der Waals surface area contributed by atoms with E-state index in [0.29, 0.717) is 6.42 Å². The molecule has 0 aliphatic carbocycles. The molecule has 1 aliphatic rings. The third kappa shape index (κ3) is 10.1. The number of hydrogen-bond acceptors (Lipinski definition) is 2. The first-order valence-electron chi connectivity index (χ1n) is 8.63. The third-order valence-corrected chi connectivity index (χ3v) is 3.98. The highest BCUT2D eigenvalue weighted by molar-refractivity contribution is 5.69. The zero-order valence-corrected chi connectivity index (χ0v) is 13.2. The molecule has 0 aromatic carbocycles. The lowest BCUT2D eigenvalue weighted by atomic mass is 10.1.